The summed E-state index contributed by atoms with van der Waals surface area (Å²) < 4.78 is 28.8. The number of hydrogen-bond acceptors (Lipinski definition) is 4. The number of sulfonamides is 1. The van der Waals surface area contributed by atoms with Crippen molar-refractivity contribution in [2.45, 2.75) is 44.9 Å². The number of aryl methyl sites for hydroxylation is 1. The van der Waals surface area contributed by atoms with Crippen molar-refractivity contribution in [2.24, 2.45) is 0 Å². The van der Waals surface area contributed by atoms with Crippen LogP contribution in [0.15, 0.2) is 59.5 Å². The molecular weight excluding hydrogens is 460 g/mol. The van der Waals surface area contributed by atoms with E-state index in [0.29, 0.717) is 16.5 Å². The number of rotatable bonds is 7. The average molecular weight is 489 g/mol. The number of para-hydroxylation sites is 1. The number of aromatic nitrogens is 2. The standard InChI is InChI=1S/C24H29ClN4O3S/c1-6-28(33(31,32)18-13-11-17(2)12-14-18)16-23(30)26-22-15-21(24(3,4)5)27-29(22)20-10-8-7-9-19(20)25/h7-15H,6,16H2,1-5H3,(H,26,30). The lowest BCUT2D eigenvalue weighted by atomic mass is 9.92. The van der Waals surface area contributed by atoms with Crippen molar-refractivity contribution in [3.05, 3.63) is 70.9 Å². The quantitative estimate of drug-likeness (QED) is 0.518. The molecule has 9 heteroatoms. The Kier molecular flexibility index (Phi) is 7.31. The maximum atomic E-state index is 13.0. The maximum Gasteiger partial charge on any atom is 0.243 e. The van der Waals surface area contributed by atoms with E-state index < -0.39 is 15.9 Å². The van der Waals surface area contributed by atoms with Crippen LogP contribution in [0.4, 0.5) is 5.82 Å². The highest BCUT2D eigenvalue weighted by atomic mass is 35.5. The number of nitrogens with zero attached hydrogens (tertiary/aromatic N) is 3. The van der Waals surface area contributed by atoms with Gasteiger partial charge >= 0.3 is 0 Å². The highest BCUT2D eigenvalue weighted by molar-refractivity contribution is 7.89. The minimum absolute atomic E-state index is 0.152. The van der Waals surface area contributed by atoms with E-state index in [1.807, 2.05) is 39.8 Å². The van der Waals surface area contributed by atoms with Crippen LogP contribution in [-0.4, -0.2) is 41.5 Å². The molecule has 2 aromatic carbocycles. The maximum absolute atomic E-state index is 13.0. The highest BCUT2D eigenvalue weighted by Gasteiger charge is 2.27. The molecule has 1 heterocycles. The fourth-order valence-electron chi connectivity index (χ4n) is 3.21. The van der Waals surface area contributed by atoms with Crippen molar-refractivity contribution in [3.8, 4) is 5.69 Å². The van der Waals surface area contributed by atoms with Crippen LogP contribution in [0.2, 0.25) is 5.02 Å². The molecule has 1 aromatic heterocycles. The lowest BCUT2D eigenvalue weighted by molar-refractivity contribution is -0.116. The lowest BCUT2D eigenvalue weighted by Gasteiger charge is -2.20. The molecule has 0 atom stereocenters. The summed E-state index contributed by atoms with van der Waals surface area (Å²) in [6, 6.07) is 15.5. The van der Waals surface area contributed by atoms with Crippen LogP contribution in [0.1, 0.15) is 39.0 Å². The number of hydrogen-bond donors (Lipinski definition) is 1. The van der Waals surface area contributed by atoms with Gasteiger partial charge in [0, 0.05) is 18.0 Å². The van der Waals surface area contributed by atoms with Crippen LogP contribution in [0.5, 0.6) is 0 Å². The van der Waals surface area contributed by atoms with E-state index in [4.69, 9.17) is 11.6 Å². The predicted octanol–water partition coefficient (Wildman–Crippen LogP) is 4.78. The molecule has 0 bridgehead atoms. The van der Waals surface area contributed by atoms with Gasteiger partial charge in [0.25, 0.3) is 0 Å². The van der Waals surface area contributed by atoms with Crippen LogP contribution in [0.25, 0.3) is 5.69 Å². The third-order valence-corrected chi connectivity index (χ3v) is 7.41. The largest absolute Gasteiger partial charge is 0.309 e. The molecule has 0 saturated heterocycles. The first kappa shape index (κ1) is 25.0. The van der Waals surface area contributed by atoms with Crippen molar-refractivity contribution in [2.75, 3.05) is 18.4 Å². The summed E-state index contributed by atoms with van der Waals surface area (Å²) in [5, 5.41) is 7.96. The summed E-state index contributed by atoms with van der Waals surface area (Å²) in [5.74, 6) is -0.0528. The van der Waals surface area contributed by atoms with Crippen molar-refractivity contribution in [1.82, 2.24) is 14.1 Å². The zero-order valence-electron chi connectivity index (χ0n) is 19.5. The number of amides is 1. The first-order chi connectivity index (χ1) is 15.4. The number of nitrogens with one attached hydrogen (secondary N) is 1. The summed E-state index contributed by atoms with van der Waals surface area (Å²) in [6.45, 7) is 9.46. The molecule has 0 aliphatic heterocycles. The van der Waals surface area contributed by atoms with Crippen LogP contribution < -0.4 is 5.32 Å². The van der Waals surface area contributed by atoms with E-state index in [1.165, 1.54) is 0 Å². The number of carbonyl (C=O) groups is 1. The Labute approximate surface area is 200 Å². The first-order valence-corrected chi connectivity index (χ1v) is 12.5. The second-order valence-electron chi connectivity index (χ2n) is 8.82. The predicted molar refractivity (Wildman–Crippen MR) is 132 cm³/mol. The van der Waals surface area contributed by atoms with E-state index >= 15 is 0 Å². The molecule has 33 heavy (non-hydrogen) atoms. The molecule has 0 fully saturated rings. The third-order valence-electron chi connectivity index (χ3n) is 5.16. The summed E-state index contributed by atoms with van der Waals surface area (Å²) in [6.07, 6.45) is 0. The molecule has 3 aromatic rings. The normalized spacial score (nSPS) is 12.2. The SMILES string of the molecule is CCN(CC(=O)Nc1cc(C(C)(C)C)nn1-c1ccccc1Cl)S(=O)(=O)c1ccc(C)cc1. The molecule has 3 rings (SSSR count). The van der Waals surface area contributed by atoms with Crippen molar-refractivity contribution in [1.29, 1.82) is 0 Å². The Morgan fingerprint density at radius 3 is 2.33 bits per heavy atom. The molecule has 7 nitrogen and oxygen atoms in total. The summed E-state index contributed by atoms with van der Waals surface area (Å²) in [5.41, 5.74) is 2.06. The number of anilines is 1. The van der Waals surface area contributed by atoms with Gasteiger partial charge in [-0.15, -0.1) is 0 Å². The van der Waals surface area contributed by atoms with E-state index in [1.54, 1.807) is 54.1 Å². The fourth-order valence-corrected chi connectivity index (χ4v) is 4.83. The van der Waals surface area contributed by atoms with Gasteiger partial charge in [-0.05, 0) is 31.2 Å². The van der Waals surface area contributed by atoms with Gasteiger partial charge in [-0.3, -0.25) is 4.79 Å². The Bertz CT molecular complexity index is 1250. The summed E-state index contributed by atoms with van der Waals surface area (Å²) >= 11 is 6.38. The monoisotopic (exact) mass is 488 g/mol. The van der Waals surface area contributed by atoms with Crippen molar-refractivity contribution in [3.63, 3.8) is 0 Å². The Morgan fingerprint density at radius 2 is 1.76 bits per heavy atom. The number of carbonyl (C=O) groups excluding carboxylic acids is 1. The van der Waals surface area contributed by atoms with Gasteiger partial charge in [-0.2, -0.15) is 9.40 Å². The van der Waals surface area contributed by atoms with Gasteiger partial charge in [-0.25, -0.2) is 13.1 Å². The molecule has 0 spiro atoms. The zero-order valence-corrected chi connectivity index (χ0v) is 21.0. The summed E-state index contributed by atoms with van der Waals surface area (Å²) in [4.78, 5) is 13.1. The van der Waals surface area contributed by atoms with E-state index in [2.05, 4.69) is 10.4 Å². The van der Waals surface area contributed by atoms with Crippen LogP contribution in [0, 0.1) is 6.92 Å². The fraction of sp³-hybridized carbons (Fsp3) is 0.333. The second kappa shape index (κ2) is 9.67. The van der Waals surface area contributed by atoms with Crippen LogP contribution in [0.3, 0.4) is 0 Å². The topological polar surface area (TPSA) is 84.3 Å². The van der Waals surface area contributed by atoms with Gasteiger partial charge in [0.15, 0.2) is 0 Å². The van der Waals surface area contributed by atoms with Gasteiger partial charge in [0.2, 0.25) is 15.9 Å². The van der Waals surface area contributed by atoms with Gasteiger partial charge in [0.1, 0.15) is 5.82 Å². The number of likely N-dealkylation sites (N-methyl/N-ethyl adjacent to an activating group) is 1. The second-order valence-corrected chi connectivity index (χ2v) is 11.2. The summed E-state index contributed by atoms with van der Waals surface area (Å²) in [7, 11) is -3.81. The molecule has 0 saturated carbocycles. The molecule has 176 valence electrons. The smallest absolute Gasteiger partial charge is 0.243 e. The molecule has 1 amide bonds. The van der Waals surface area contributed by atoms with E-state index in [-0.39, 0.29) is 23.4 Å². The first-order valence-electron chi connectivity index (χ1n) is 10.7. The van der Waals surface area contributed by atoms with Gasteiger partial charge in [0.05, 0.1) is 27.8 Å². The molecule has 0 unspecified atom stereocenters. The molecule has 0 aliphatic rings. The molecular formula is C24H29ClN4O3S. The number of benzene rings is 2. The highest BCUT2D eigenvalue weighted by Crippen LogP contribution is 2.29. The van der Waals surface area contributed by atoms with Crippen molar-refractivity contribution < 1.29 is 13.2 Å². The van der Waals surface area contributed by atoms with Gasteiger partial charge < -0.3 is 5.32 Å². The van der Waals surface area contributed by atoms with Crippen LogP contribution >= 0.6 is 11.6 Å². The average Bonchev–Trinajstić information content (AvgIpc) is 3.16. The van der Waals surface area contributed by atoms with Crippen molar-refractivity contribution >= 4 is 33.3 Å². The molecule has 1 N–H and O–H groups in total. The Balaban J connectivity index is 1.89. The number of halogens is 1. The van der Waals surface area contributed by atoms with Crippen LogP contribution in [-0.2, 0) is 20.2 Å². The third kappa shape index (κ3) is 5.63. The Hall–Kier alpha value is -2.68. The van der Waals surface area contributed by atoms with Gasteiger partial charge in [-0.1, -0.05) is 69.1 Å². The zero-order chi connectivity index (χ0) is 24.4. The van der Waals surface area contributed by atoms with E-state index in [9.17, 15) is 13.2 Å². The minimum atomic E-state index is -3.81. The Morgan fingerprint density at radius 1 is 1.12 bits per heavy atom. The lowest BCUT2D eigenvalue weighted by Crippen LogP contribution is -2.38. The van der Waals surface area contributed by atoms with E-state index in [0.717, 1.165) is 15.6 Å². The minimum Gasteiger partial charge on any atom is -0.309 e. The molecule has 0 aliphatic carbocycles. The molecule has 0 radical (unpaired) electrons.